The molecule has 2 aliphatic rings. The number of piperidine rings is 1. The second-order valence-corrected chi connectivity index (χ2v) is 4.75. The van der Waals surface area contributed by atoms with Crippen LogP contribution >= 0.6 is 0 Å². The number of aryl methyl sites for hydroxylation is 1. The zero-order valence-corrected chi connectivity index (χ0v) is 8.61. The lowest BCUT2D eigenvalue weighted by Gasteiger charge is -2.28. The molecule has 1 N–H and O–H groups in total. The lowest BCUT2D eigenvalue weighted by Crippen LogP contribution is -2.37. The molecule has 0 spiro atoms. The monoisotopic (exact) mass is 191 g/mol. The molecule has 0 radical (unpaired) electrons. The van der Waals surface area contributed by atoms with Crippen LogP contribution in [0.25, 0.3) is 0 Å². The minimum atomic E-state index is 0.752. The number of fused-ring (bicyclic) bond motifs is 2. The van der Waals surface area contributed by atoms with Gasteiger partial charge in [-0.15, -0.1) is 0 Å². The van der Waals surface area contributed by atoms with Gasteiger partial charge in [-0.05, 0) is 37.2 Å². The highest BCUT2D eigenvalue weighted by molar-refractivity contribution is 5.15. The Hall–Kier alpha value is -0.830. The van der Waals surface area contributed by atoms with Crippen molar-refractivity contribution in [3.8, 4) is 0 Å². The quantitative estimate of drug-likeness (QED) is 0.727. The minimum absolute atomic E-state index is 0.752. The van der Waals surface area contributed by atoms with Gasteiger partial charge >= 0.3 is 0 Å². The molecule has 2 fully saturated rings. The molecule has 2 bridgehead atoms. The van der Waals surface area contributed by atoms with Crippen molar-refractivity contribution < 1.29 is 0 Å². The average Bonchev–Trinajstić information content (AvgIpc) is 2.73. The van der Waals surface area contributed by atoms with Crippen molar-refractivity contribution in [1.29, 1.82) is 0 Å². The van der Waals surface area contributed by atoms with E-state index in [1.54, 1.807) is 0 Å². The summed E-state index contributed by atoms with van der Waals surface area (Å²) < 4.78 is 1.92. The smallest absolute Gasteiger partial charge is 0.0524 e. The van der Waals surface area contributed by atoms with E-state index in [4.69, 9.17) is 0 Å². The largest absolute Gasteiger partial charge is 0.311 e. The van der Waals surface area contributed by atoms with E-state index in [2.05, 4.69) is 16.6 Å². The van der Waals surface area contributed by atoms with E-state index >= 15 is 0 Å². The van der Waals surface area contributed by atoms with Gasteiger partial charge in [0.15, 0.2) is 0 Å². The topological polar surface area (TPSA) is 29.9 Å². The molecule has 2 unspecified atom stereocenters. The number of hydrogen-bond donors (Lipinski definition) is 1. The van der Waals surface area contributed by atoms with Gasteiger partial charge in [-0.25, -0.2) is 0 Å². The Morgan fingerprint density at radius 1 is 1.36 bits per heavy atom. The Bertz CT molecular complexity index is 319. The molecule has 0 amide bonds. The predicted octanol–water partition coefficient (Wildman–Crippen LogP) is 1.42. The highest BCUT2D eigenvalue weighted by Gasteiger charge is 2.34. The van der Waals surface area contributed by atoms with Crippen molar-refractivity contribution in [2.45, 2.75) is 43.7 Å². The van der Waals surface area contributed by atoms with Crippen molar-refractivity contribution in [1.82, 2.24) is 15.1 Å². The number of rotatable bonds is 1. The maximum atomic E-state index is 4.26. The standard InChI is InChI=1S/C11H17N3/c1-14-7-9(6-12-14)8-4-10-2-3-11(5-8)13-10/h6-8,10-11,13H,2-5H2,1H3. The Morgan fingerprint density at radius 2 is 2.07 bits per heavy atom. The van der Waals surface area contributed by atoms with Gasteiger partial charge in [-0.2, -0.15) is 5.10 Å². The summed E-state index contributed by atoms with van der Waals surface area (Å²) in [7, 11) is 2.00. The third-order valence-electron chi connectivity index (χ3n) is 3.67. The summed E-state index contributed by atoms with van der Waals surface area (Å²) in [5.41, 5.74) is 1.44. The van der Waals surface area contributed by atoms with E-state index in [1.807, 2.05) is 17.9 Å². The number of hydrogen-bond acceptors (Lipinski definition) is 2. The molecule has 3 heteroatoms. The number of nitrogens with zero attached hydrogens (tertiary/aromatic N) is 2. The minimum Gasteiger partial charge on any atom is -0.311 e. The van der Waals surface area contributed by atoms with E-state index in [-0.39, 0.29) is 0 Å². The van der Waals surface area contributed by atoms with Gasteiger partial charge in [0.2, 0.25) is 0 Å². The second kappa shape index (κ2) is 3.09. The zero-order chi connectivity index (χ0) is 9.54. The summed E-state index contributed by atoms with van der Waals surface area (Å²) in [5, 5.41) is 7.93. The Kier molecular flexibility index (Phi) is 1.87. The molecule has 3 nitrogen and oxygen atoms in total. The Morgan fingerprint density at radius 3 is 2.64 bits per heavy atom. The number of aromatic nitrogens is 2. The molecule has 3 heterocycles. The predicted molar refractivity (Wildman–Crippen MR) is 55.1 cm³/mol. The maximum absolute atomic E-state index is 4.26. The lowest BCUT2D eigenvalue weighted by molar-refractivity contribution is 0.363. The fourth-order valence-corrected chi connectivity index (χ4v) is 2.98. The molecule has 0 saturated carbocycles. The first-order chi connectivity index (χ1) is 6.81. The van der Waals surface area contributed by atoms with Crippen molar-refractivity contribution in [3.63, 3.8) is 0 Å². The van der Waals surface area contributed by atoms with Crippen LogP contribution in [0.5, 0.6) is 0 Å². The van der Waals surface area contributed by atoms with Crippen molar-refractivity contribution >= 4 is 0 Å². The van der Waals surface area contributed by atoms with Crippen LogP contribution in [0.1, 0.15) is 37.2 Å². The molecular formula is C11H17N3. The van der Waals surface area contributed by atoms with Gasteiger partial charge in [0, 0.05) is 25.3 Å². The fraction of sp³-hybridized carbons (Fsp3) is 0.727. The van der Waals surface area contributed by atoms with Gasteiger partial charge in [-0.3, -0.25) is 4.68 Å². The summed E-state index contributed by atoms with van der Waals surface area (Å²) in [6.07, 6.45) is 9.58. The fourth-order valence-electron chi connectivity index (χ4n) is 2.98. The van der Waals surface area contributed by atoms with Crippen LogP contribution in [0.3, 0.4) is 0 Å². The van der Waals surface area contributed by atoms with Gasteiger partial charge in [0.25, 0.3) is 0 Å². The molecule has 0 aliphatic carbocycles. The highest BCUT2D eigenvalue weighted by atomic mass is 15.2. The summed E-state index contributed by atoms with van der Waals surface area (Å²) in [6, 6.07) is 1.55. The Labute approximate surface area is 84.5 Å². The summed E-state index contributed by atoms with van der Waals surface area (Å²) in [5.74, 6) is 0.752. The van der Waals surface area contributed by atoms with Gasteiger partial charge < -0.3 is 5.32 Å². The van der Waals surface area contributed by atoms with Gasteiger partial charge in [0.05, 0.1) is 6.20 Å². The van der Waals surface area contributed by atoms with Gasteiger partial charge in [0.1, 0.15) is 0 Å². The van der Waals surface area contributed by atoms with E-state index in [0.29, 0.717) is 0 Å². The average molecular weight is 191 g/mol. The third kappa shape index (κ3) is 1.36. The van der Waals surface area contributed by atoms with Crippen LogP contribution in [0.2, 0.25) is 0 Å². The Balaban J connectivity index is 1.80. The molecule has 14 heavy (non-hydrogen) atoms. The molecule has 3 rings (SSSR count). The summed E-state index contributed by atoms with van der Waals surface area (Å²) in [6.45, 7) is 0. The first-order valence-electron chi connectivity index (χ1n) is 5.56. The third-order valence-corrected chi connectivity index (χ3v) is 3.67. The highest BCUT2D eigenvalue weighted by Crippen LogP contribution is 2.36. The van der Waals surface area contributed by atoms with E-state index in [0.717, 1.165) is 18.0 Å². The molecule has 1 aromatic heterocycles. The van der Waals surface area contributed by atoms with Crippen molar-refractivity contribution in [2.24, 2.45) is 7.05 Å². The van der Waals surface area contributed by atoms with Crippen LogP contribution in [0, 0.1) is 0 Å². The maximum Gasteiger partial charge on any atom is 0.0524 e. The van der Waals surface area contributed by atoms with Crippen LogP contribution in [0.15, 0.2) is 12.4 Å². The van der Waals surface area contributed by atoms with E-state index < -0.39 is 0 Å². The van der Waals surface area contributed by atoms with E-state index in [1.165, 1.54) is 31.2 Å². The van der Waals surface area contributed by atoms with Gasteiger partial charge in [-0.1, -0.05) is 0 Å². The zero-order valence-electron chi connectivity index (χ0n) is 8.61. The van der Waals surface area contributed by atoms with Crippen LogP contribution in [-0.4, -0.2) is 21.9 Å². The van der Waals surface area contributed by atoms with E-state index in [9.17, 15) is 0 Å². The lowest BCUT2D eigenvalue weighted by atomic mass is 9.88. The normalized spacial score (nSPS) is 36.2. The van der Waals surface area contributed by atoms with Crippen molar-refractivity contribution in [2.75, 3.05) is 0 Å². The first-order valence-corrected chi connectivity index (χ1v) is 5.56. The van der Waals surface area contributed by atoms with Crippen LogP contribution in [0.4, 0.5) is 0 Å². The molecule has 0 aromatic carbocycles. The first kappa shape index (κ1) is 8.48. The molecule has 2 atom stereocenters. The second-order valence-electron chi connectivity index (χ2n) is 4.75. The molecule has 2 saturated heterocycles. The van der Waals surface area contributed by atoms with Crippen LogP contribution < -0.4 is 5.32 Å². The number of nitrogens with one attached hydrogen (secondary N) is 1. The van der Waals surface area contributed by atoms with Crippen LogP contribution in [-0.2, 0) is 7.05 Å². The summed E-state index contributed by atoms with van der Waals surface area (Å²) in [4.78, 5) is 0. The molecule has 1 aromatic rings. The SMILES string of the molecule is Cn1cc(C2CC3CCC(C2)N3)cn1. The van der Waals surface area contributed by atoms with Crippen molar-refractivity contribution in [3.05, 3.63) is 18.0 Å². The molecule has 2 aliphatic heterocycles. The summed E-state index contributed by atoms with van der Waals surface area (Å²) >= 11 is 0. The molecule has 76 valence electrons. The molecular weight excluding hydrogens is 174 g/mol.